The molecule has 0 unspecified atom stereocenters. The van der Waals surface area contributed by atoms with Gasteiger partial charge in [-0.15, -0.1) is 0 Å². The average molecular weight is 652 g/mol. The van der Waals surface area contributed by atoms with Crippen molar-refractivity contribution in [3.8, 4) is 71.0 Å². The quantitative estimate of drug-likeness (QED) is 0.0534. The molecule has 0 saturated heterocycles. The molecule has 244 valence electrons. The van der Waals surface area contributed by atoms with E-state index in [4.69, 9.17) is 9.47 Å². The van der Waals surface area contributed by atoms with Crippen LogP contribution in [0, 0.1) is 71.0 Å². The molecule has 12 heteroatoms. The summed E-state index contributed by atoms with van der Waals surface area (Å²) in [5.41, 5.74) is 0. The molecule has 0 amide bonds. The van der Waals surface area contributed by atoms with Crippen molar-refractivity contribution in [2.75, 3.05) is 13.2 Å². The number of hydrogen-bond donors (Lipinski definition) is 1. The Labute approximate surface area is 318 Å². The van der Waals surface area contributed by atoms with Crippen molar-refractivity contribution in [1.29, 1.82) is 0 Å². The van der Waals surface area contributed by atoms with E-state index in [-0.39, 0.29) is 87.4 Å². The van der Waals surface area contributed by atoms with Gasteiger partial charge >= 0.3 is 71.1 Å². The average Bonchev–Trinajstić information content (AvgIpc) is 2.91. The van der Waals surface area contributed by atoms with Gasteiger partial charge < -0.3 is 34.5 Å². The molecule has 0 aliphatic rings. The van der Waals surface area contributed by atoms with Crippen LogP contribution in [0.4, 0.5) is 0 Å². The van der Waals surface area contributed by atoms with Crippen LogP contribution >= 0.6 is 7.82 Å². The van der Waals surface area contributed by atoms with Crippen LogP contribution in [-0.4, -0.2) is 31.3 Å². The number of carbonyl (C=O) groups is 2. The van der Waals surface area contributed by atoms with Crippen LogP contribution < -0.4 is 75.1 Å². The zero-order chi connectivity index (χ0) is 29.7. The van der Waals surface area contributed by atoms with Crippen LogP contribution in [-0.2, 0) is 28.2 Å². The third-order valence-corrected chi connectivity index (χ3v) is 5.42. The third-order valence-electron chi connectivity index (χ3n) is 4.95. The summed E-state index contributed by atoms with van der Waals surface area (Å²) >= 11 is 0. The molecule has 0 aliphatic carbocycles. The Bertz CT molecular complexity index is 1250. The van der Waals surface area contributed by atoms with Crippen molar-refractivity contribution in [1.82, 2.24) is 6.15 Å². The van der Waals surface area contributed by atoms with Crippen LogP contribution in [0.15, 0.2) is 0 Å². The van der Waals surface area contributed by atoms with Gasteiger partial charge in [0.25, 0.3) is 0 Å². The van der Waals surface area contributed by atoms with Gasteiger partial charge in [-0.1, -0.05) is 77.1 Å². The first-order valence-electron chi connectivity index (χ1n) is 13.2. The second-order valence-electron chi connectivity index (χ2n) is 8.36. The topological polar surface area (TPSA) is 160 Å². The van der Waals surface area contributed by atoms with E-state index in [0.717, 1.165) is 19.3 Å². The van der Waals surface area contributed by atoms with E-state index in [1.54, 1.807) is 6.92 Å². The molecule has 0 saturated carbocycles. The molecule has 0 fully saturated rings. The molecule has 0 radical (unpaired) electrons. The SMILES string of the molecule is CC#CC#CC#CC#CC#CC#CC(=O)OC[C@H](COP(=O)([O-])[O-])OC(=O)CCCCCCCCCCCCC.N.[HH].[HH].[HH].[HH].[HH].[HH].[HH].[HH].[HH].[HH].[HH].[Na+].[Na+]. The van der Waals surface area contributed by atoms with Gasteiger partial charge in [0, 0.05) is 28.0 Å². The maximum atomic E-state index is 12.1. The minimum atomic E-state index is -5.31. The normalized spacial score (nSPS) is 9.30. The number of phosphoric ester groups is 1. The van der Waals surface area contributed by atoms with Gasteiger partial charge in [0.05, 0.1) is 14.4 Å². The van der Waals surface area contributed by atoms with Crippen LogP contribution in [0.25, 0.3) is 0 Å². The number of phosphoric acid groups is 1. The van der Waals surface area contributed by atoms with E-state index in [1.807, 2.05) is 0 Å². The summed E-state index contributed by atoms with van der Waals surface area (Å²) in [5.74, 6) is 27.1. The first-order valence-corrected chi connectivity index (χ1v) is 14.7. The summed E-state index contributed by atoms with van der Waals surface area (Å²) in [4.78, 5) is 45.5. The number of hydrogen-bond acceptors (Lipinski definition) is 9. The molecule has 3 N–H and O–H groups in total. The fourth-order valence-electron chi connectivity index (χ4n) is 3.07. The molecule has 0 aliphatic heterocycles. The molecule has 0 rings (SSSR count). The Morgan fingerprint density at radius 2 is 1.16 bits per heavy atom. The second-order valence-corrected chi connectivity index (χ2v) is 9.52. The molecule has 0 aromatic heterocycles. The maximum Gasteiger partial charge on any atom is 1.00 e. The minimum absolute atomic E-state index is 0. The Kier molecular flexibility index (Phi) is 39.1. The molecule has 0 aromatic carbocycles. The summed E-state index contributed by atoms with van der Waals surface area (Å²) in [7, 11) is -5.31. The number of rotatable bonds is 18. The predicted octanol–water partition coefficient (Wildman–Crippen LogP) is -0.0959. The molecule has 9 nitrogen and oxygen atoms in total. The monoisotopic (exact) mass is 651 g/mol. The summed E-state index contributed by atoms with van der Waals surface area (Å²) in [6.45, 7) is 2.52. The van der Waals surface area contributed by atoms with E-state index in [9.17, 15) is 23.9 Å². The van der Waals surface area contributed by atoms with Crippen LogP contribution in [0.1, 0.15) is 107 Å². The Hall–Kier alpha value is -1.63. The molecule has 0 heterocycles. The summed E-state index contributed by atoms with van der Waals surface area (Å²) in [5, 5.41) is 0. The fraction of sp³-hybridized carbons (Fsp3) is 0.548. The number of ether oxygens (including phenoxy) is 2. The number of unbranched alkanes of at least 4 members (excludes halogenated alkanes) is 10. The van der Waals surface area contributed by atoms with Gasteiger partial charge in [-0.3, -0.25) is 4.79 Å². The first-order chi connectivity index (χ1) is 19.3. The van der Waals surface area contributed by atoms with Gasteiger partial charge in [-0.2, -0.15) is 0 Å². The smallest absolute Gasteiger partial charge is 0.790 e. The fourth-order valence-corrected chi connectivity index (χ4v) is 3.42. The minimum Gasteiger partial charge on any atom is -0.790 e. The van der Waals surface area contributed by atoms with Crippen LogP contribution in [0.2, 0.25) is 0 Å². The molecule has 0 bridgehead atoms. The van der Waals surface area contributed by atoms with Crippen molar-refractivity contribution in [3.63, 3.8) is 0 Å². The Morgan fingerprint density at radius 1 is 0.721 bits per heavy atom. The van der Waals surface area contributed by atoms with E-state index >= 15 is 0 Å². The van der Waals surface area contributed by atoms with Crippen LogP contribution in [0.5, 0.6) is 0 Å². The van der Waals surface area contributed by atoms with Gasteiger partial charge in [0.2, 0.25) is 0 Å². The van der Waals surface area contributed by atoms with Crippen molar-refractivity contribution in [2.45, 2.75) is 97.0 Å². The molecular formula is C31H60NNa2O8P. The number of carbonyl (C=O) groups excluding carboxylic acids is 2. The van der Waals surface area contributed by atoms with Gasteiger partial charge in [0.1, 0.15) is 6.61 Å². The largest absolute Gasteiger partial charge is 1.00 e. The molecule has 0 aromatic rings. The zero-order valence-corrected chi connectivity index (χ0v) is 30.8. The Morgan fingerprint density at radius 3 is 1.63 bits per heavy atom. The molecule has 43 heavy (non-hydrogen) atoms. The first kappa shape index (κ1) is 48.3. The van der Waals surface area contributed by atoms with Crippen molar-refractivity contribution in [3.05, 3.63) is 0 Å². The third kappa shape index (κ3) is 38.3. The van der Waals surface area contributed by atoms with E-state index in [0.29, 0.717) is 6.42 Å². The van der Waals surface area contributed by atoms with Gasteiger partial charge in [0.15, 0.2) is 6.10 Å². The van der Waals surface area contributed by atoms with Crippen LogP contribution in [0.3, 0.4) is 0 Å². The zero-order valence-electron chi connectivity index (χ0n) is 25.9. The summed E-state index contributed by atoms with van der Waals surface area (Å²) in [6.07, 6.45) is 11.2. The van der Waals surface area contributed by atoms with E-state index in [1.165, 1.54) is 44.9 Å². The summed E-state index contributed by atoms with van der Waals surface area (Å²) < 4.78 is 25.0. The Balaban J connectivity index is -0.0000000836. The van der Waals surface area contributed by atoms with E-state index < -0.39 is 39.1 Å². The van der Waals surface area contributed by atoms with Gasteiger partial charge in [-0.25, -0.2) is 4.79 Å². The van der Waals surface area contributed by atoms with Crippen molar-refractivity contribution >= 4 is 19.8 Å². The number of esters is 2. The summed E-state index contributed by atoms with van der Waals surface area (Å²) in [6, 6.07) is 0. The van der Waals surface area contributed by atoms with Gasteiger partial charge in [-0.05, 0) is 72.5 Å². The molecule has 0 spiro atoms. The second kappa shape index (κ2) is 34.9. The van der Waals surface area contributed by atoms with E-state index in [2.05, 4.69) is 82.5 Å². The maximum absolute atomic E-state index is 12.1. The molecule has 1 atom stereocenters. The molecular weight excluding hydrogens is 591 g/mol. The van der Waals surface area contributed by atoms with Crippen molar-refractivity contribution in [2.24, 2.45) is 0 Å². The van der Waals surface area contributed by atoms with Crippen molar-refractivity contribution < 1.29 is 113 Å². The standard InChI is InChI=1S/C31H37O8P.H3N.2Na.11H2/c1-3-5-7-9-11-13-15-17-19-21-23-25-30(32)37-27-29(28-38-40(34,35)36)39-31(33)26-24-22-20-18-16-14-12-10-8-6-4-2;;;;;;;;;;;;;;/h29H,4,6,8,10,12,14,16,18,20,22,24,26-28H2,1-2H3,(H2,34,35,36);1H3;;;11*1H/q;;2*+1;;;;;;;;;;;/p-2/t29-;;;;;;;;;;;;;;/m1............../s1. The predicted molar refractivity (Wildman–Crippen MR) is 176 cm³/mol.